The summed E-state index contributed by atoms with van der Waals surface area (Å²) in [6.07, 6.45) is -0.852. The highest BCUT2D eigenvalue weighted by Crippen LogP contribution is 2.41. The predicted molar refractivity (Wildman–Crippen MR) is 123 cm³/mol. The minimum absolute atomic E-state index is 0.0832. The normalized spacial score (nSPS) is 11.7. The second kappa shape index (κ2) is 8.73. The lowest BCUT2D eigenvalue weighted by atomic mass is 10.00. The van der Waals surface area contributed by atoms with Gasteiger partial charge in [-0.3, -0.25) is 4.57 Å². The van der Waals surface area contributed by atoms with E-state index in [1.165, 1.54) is 41.4 Å². The van der Waals surface area contributed by atoms with Crippen molar-refractivity contribution in [1.82, 2.24) is 19.7 Å². The van der Waals surface area contributed by atoms with Crippen molar-refractivity contribution in [2.75, 3.05) is 0 Å². The zero-order chi connectivity index (χ0) is 26.5. The quantitative estimate of drug-likeness (QED) is 0.284. The van der Waals surface area contributed by atoms with E-state index >= 15 is 0 Å². The van der Waals surface area contributed by atoms with Gasteiger partial charge in [0.05, 0.1) is 11.3 Å². The SMILES string of the molecule is Cc1noc(C)c1-c1cnc2c(c1)c(-c1ccc(C(=O)O)cc1OC(F)(F)F)cn2-c1ncccc1F. The third-order valence-corrected chi connectivity index (χ3v) is 5.68. The molecule has 4 heterocycles. The molecule has 1 aromatic carbocycles. The Labute approximate surface area is 205 Å². The van der Waals surface area contributed by atoms with E-state index in [2.05, 4.69) is 19.9 Å². The number of benzene rings is 1. The molecule has 0 spiro atoms. The zero-order valence-corrected chi connectivity index (χ0v) is 19.2. The summed E-state index contributed by atoms with van der Waals surface area (Å²) < 4.78 is 65.3. The molecular weight excluding hydrogens is 496 g/mol. The van der Waals surface area contributed by atoms with Crippen molar-refractivity contribution in [3.05, 3.63) is 77.8 Å². The highest BCUT2D eigenvalue weighted by Gasteiger charge is 2.33. The smallest absolute Gasteiger partial charge is 0.478 e. The monoisotopic (exact) mass is 512 g/mol. The fourth-order valence-electron chi connectivity index (χ4n) is 4.16. The number of fused-ring (bicyclic) bond motifs is 1. The first-order valence-corrected chi connectivity index (χ1v) is 10.7. The Morgan fingerprint density at radius 3 is 2.54 bits per heavy atom. The molecule has 8 nitrogen and oxygen atoms in total. The van der Waals surface area contributed by atoms with E-state index in [4.69, 9.17) is 4.52 Å². The van der Waals surface area contributed by atoms with Crippen LogP contribution in [0.2, 0.25) is 0 Å². The number of alkyl halides is 3. The summed E-state index contributed by atoms with van der Waals surface area (Å²) in [4.78, 5) is 20.0. The number of hydrogen-bond acceptors (Lipinski definition) is 6. The topological polar surface area (TPSA) is 103 Å². The lowest BCUT2D eigenvalue weighted by Gasteiger charge is -2.14. The van der Waals surface area contributed by atoms with E-state index in [1.54, 1.807) is 19.9 Å². The molecule has 12 heteroatoms. The largest absolute Gasteiger partial charge is 0.573 e. The van der Waals surface area contributed by atoms with Crippen molar-refractivity contribution in [2.45, 2.75) is 20.2 Å². The van der Waals surface area contributed by atoms with Crippen LogP contribution in [0.1, 0.15) is 21.8 Å². The van der Waals surface area contributed by atoms with Gasteiger partial charge in [-0.25, -0.2) is 19.2 Å². The Morgan fingerprint density at radius 2 is 1.89 bits per heavy atom. The molecular formula is C25H16F4N4O4. The van der Waals surface area contributed by atoms with Gasteiger partial charge in [-0.2, -0.15) is 0 Å². The molecule has 0 saturated carbocycles. The molecule has 0 atom stereocenters. The lowest BCUT2D eigenvalue weighted by molar-refractivity contribution is -0.274. The van der Waals surface area contributed by atoms with Gasteiger partial charge >= 0.3 is 12.3 Å². The third kappa shape index (κ3) is 4.37. The molecule has 0 aliphatic rings. The molecule has 5 rings (SSSR count). The van der Waals surface area contributed by atoms with Crippen LogP contribution in [0, 0.1) is 19.7 Å². The van der Waals surface area contributed by atoms with E-state index < -0.39 is 29.5 Å². The Morgan fingerprint density at radius 1 is 1.11 bits per heavy atom. The van der Waals surface area contributed by atoms with Crippen molar-refractivity contribution in [1.29, 1.82) is 0 Å². The molecule has 0 unspecified atom stereocenters. The first-order valence-electron chi connectivity index (χ1n) is 10.7. The summed E-state index contributed by atoms with van der Waals surface area (Å²) in [6.45, 7) is 3.43. The van der Waals surface area contributed by atoms with Crippen LogP contribution in [0.5, 0.6) is 5.75 Å². The molecule has 0 aliphatic heterocycles. The van der Waals surface area contributed by atoms with E-state index in [0.717, 1.165) is 12.1 Å². The number of pyridine rings is 2. The van der Waals surface area contributed by atoms with Gasteiger partial charge in [0.25, 0.3) is 0 Å². The van der Waals surface area contributed by atoms with E-state index in [-0.39, 0.29) is 22.6 Å². The summed E-state index contributed by atoms with van der Waals surface area (Å²) in [7, 11) is 0. The van der Waals surface area contributed by atoms with Crippen molar-refractivity contribution in [3.8, 4) is 33.8 Å². The summed E-state index contributed by atoms with van der Waals surface area (Å²) in [5, 5.41) is 13.6. The number of ether oxygens (including phenoxy) is 1. The Kier molecular flexibility index (Phi) is 5.66. The summed E-state index contributed by atoms with van der Waals surface area (Å²) >= 11 is 0. The third-order valence-electron chi connectivity index (χ3n) is 5.68. The summed E-state index contributed by atoms with van der Waals surface area (Å²) in [6, 6.07) is 7.36. The number of aromatic nitrogens is 4. The number of rotatable bonds is 5. The zero-order valence-electron chi connectivity index (χ0n) is 19.2. The first-order chi connectivity index (χ1) is 17.5. The molecule has 0 aliphatic carbocycles. The molecule has 0 saturated heterocycles. The van der Waals surface area contributed by atoms with Crippen LogP contribution in [0.25, 0.3) is 39.1 Å². The predicted octanol–water partition coefficient (Wildman–Crippen LogP) is 6.10. The molecule has 37 heavy (non-hydrogen) atoms. The standard InChI is InChI=1S/C25H16F4N4O4/c1-12-21(13(2)37-32-12)15-8-17-18(11-33(22(17)31-10-15)23-19(26)4-3-7-30-23)16-6-5-14(24(34)35)9-20(16)36-25(27,28)29/h3-11H,1-2H3,(H,34,35). The van der Waals surface area contributed by atoms with E-state index in [1.807, 2.05) is 0 Å². The van der Waals surface area contributed by atoms with Crippen molar-refractivity contribution in [2.24, 2.45) is 0 Å². The van der Waals surface area contributed by atoms with E-state index in [9.17, 15) is 27.5 Å². The first kappa shape index (κ1) is 24.0. The minimum atomic E-state index is -5.10. The number of hydrogen-bond donors (Lipinski definition) is 1. The Bertz CT molecular complexity index is 1650. The van der Waals surface area contributed by atoms with Gasteiger partial charge in [0.15, 0.2) is 11.6 Å². The van der Waals surface area contributed by atoms with Gasteiger partial charge in [0.2, 0.25) is 0 Å². The molecule has 0 fully saturated rings. The Balaban J connectivity index is 1.83. The van der Waals surface area contributed by atoms with Gasteiger partial charge in [0.1, 0.15) is 17.2 Å². The molecule has 188 valence electrons. The fraction of sp³-hybridized carbons (Fsp3) is 0.120. The molecule has 1 N–H and O–H groups in total. The number of carboxylic acid groups (broad SMARTS) is 1. The van der Waals surface area contributed by atoms with Crippen molar-refractivity contribution >= 4 is 17.0 Å². The number of carbonyl (C=O) groups is 1. The summed E-state index contributed by atoms with van der Waals surface area (Å²) in [5.41, 5.74) is 1.66. The van der Waals surface area contributed by atoms with Crippen LogP contribution in [0.3, 0.4) is 0 Å². The molecule has 5 aromatic rings. The second-order valence-electron chi connectivity index (χ2n) is 8.08. The van der Waals surface area contributed by atoms with Crippen LogP contribution in [0.15, 0.2) is 59.5 Å². The number of aromatic carboxylic acids is 1. The van der Waals surface area contributed by atoms with Gasteiger partial charge in [0, 0.05) is 46.2 Å². The minimum Gasteiger partial charge on any atom is -0.478 e. The number of carboxylic acids is 1. The molecule has 0 bridgehead atoms. The Hall–Kier alpha value is -4.74. The summed E-state index contributed by atoms with van der Waals surface area (Å²) in [5.74, 6) is -2.48. The average Bonchev–Trinajstić information content (AvgIpc) is 3.37. The lowest BCUT2D eigenvalue weighted by Crippen LogP contribution is -2.18. The van der Waals surface area contributed by atoms with Crippen molar-refractivity contribution in [3.63, 3.8) is 0 Å². The maximum Gasteiger partial charge on any atom is 0.573 e. The van der Waals surface area contributed by atoms with Gasteiger partial charge in [-0.05, 0) is 50.2 Å². The number of aryl methyl sites for hydroxylation is 2. The fourth-order valence-corrected chi connectivity index (χ4v) is 4.16. The van der Waals surface area contributed by atoms with Crippen LogP contribution in [-0.4, -0.2) is 37.1 Å². The second-order valence-corrected chi connectivity index (χ2v) is 8.08. The molecule has 4 aromatic heterocycles. The molecule has 0 radical (unpaired) electrons. The van der Waals surface area contributed by atoms with Gasteiger partial charge < -0.3 is 14.4 Å². The van der Waals surface area contributed by atoms with Crippen LogP contribution in [-0.2, 0) is 0 Å². The van der Waals surface area contributed by atoms with Crippen LogP contribution >= 0.6 is 0 Å². The number of halogens is 4. The van der Waals surface area contributed by atoms with Crippen LogP contribution < -0.4 is 4.74 Å². The maximum absolute atomic E-state index is 14.7. The van der Waals surface area contributed by atoms with Crippen LogP contribution in [0.4, 0.5) is 17.6 Å². The van der Waals surface area contributed by atoms with Crippen molar-refractivity contribution < 1.29 is 36.7 Å². The maximum atomic E-state index is 14.7. The number of nitrogens with zero attached hydrogens (tertiary/aromatic N) is 4. The average molecular weight is 512 g/mol. The highest BCUT2D eigenvalue weighted by molar-refractivity contribution is 5.99. The van der Waals surface area contributed by atoms with Gasteiger partial charge in [-0.15, -0.1) is 13.2 Å². The van der Waals surface area contributed by atoms with Gasteiger partial charge in [-0.1, -0.05) is 5.16 Å². The van der Waals surface area contributed by atoms with E-state index in [0.29, 0.717) is 28.0 Å². The highest BCUT2D eigenvalue weighted by atomic mass is 19.4. The molecule has 0 amide bonds.